The first kappa shape index (κ1) is 22.9. The van der Waals surface area contributed by atoms with E-state index in [2.05, 4.69) is 26.7 Å². The topological polar surface area (TPSA) is 85.2 Å². The number of aromatic nitrogens is 2. The average Bonchev–Trinajstić information content (AvgIpc) is 3.11. The highest BCUT2D eigenvalue weighted by molar-refractivity contribution is 7.92. The van der Waals surface area contributed by atoms with E-state index in [-0.39, 0.29) is 6.04 Å². The Kier molecular flexibility index (Phi) is 6.49. The van der Waals surface area contributed by atoms with Crippen LogP contribution in [0.5, 0.6) is 5.75 Å². The molecule has 0 saturated heterocycles. The van der Waals surface area contributed by atoms with Crippen LogP contribution in [0.3, 0.4) is 0 Å². The van der Waals surface area contributed by atoms with E-state index >= 15 is 0 Å². The molecule has 0 spiro atoms. The standard InChI is InChI=1S/C24H25ClN4O3S/c1-16(26-19-10-12-23(32-2)21(14-19)28-33(3,30)31)24-27-20-13-18(25)9-11-22(20)29(24)15-17-7-5-4-6-8-17/h4-14,16,26,28H,15H2,1-3H3. The minimum absolute atomic E-state index is 0.181. The molecule has 4 aromatic rings. The third-order valence-electron chi connectivity index (χ3n) is 5.19. The SMILES string of the molecule is COc1ccc(NC(C)c2nc3cc(Cl)ccc3n2Cc2ccccc2)cc1NS(C)(=O)=O. The molecule has 3 aromatic carbocycles. The van der Waals surface area contributed by atoms with Crippen molar-refractivity contribution in [3.63, 3.8) is 0 Å². The van der Waals surface area contributed by atoms with Crippen LogP contribution >= 0.6 is 11.6 Å². The Morgan fingerprint density at radius 2 is 1.85 bits per heavy atom. The van der Waals surface area contributed by atoms with Crippen LogP contribution in [0, 0.1) is 0 Å². The zero-order valence-corrected chi connectivity index (χ0v) is 20.1. The molecule has 2 N–H and O–H groups in total. The summed E-state index contributed by atoms with van der Waals surface area (Å²) in [5.41, 5.74) is 4.05. The lowest BCUT2D eigenvalue weighted by molar-refractivity contribution is 0.417. The lowest BCUT2D eigenvalue weighted by atomic mass is 10.2. The Morgan fingerprint density at radius 3 is 2.55 bits per heavy atom. The van der Waals surface area contributed by atoms with Crippen molar-refractivity contribution in [2.24, 2.45) is 0 Å². The number of nitrogens with one attached hydrogen (secondary N) is 2. The normalized spacial score (nSPS) is 12.5. The third-order valence-corrected chi connectivity index (χ3v) is 6.01. The maximum atomic E-state index is 11.8. The van der Waals surface area contributed by atoms with Crippen molar-refractivity contribution in [3.8, 4) is 5.75 Å². The number of sulfonamides is 1. The molecular formula is C24H25ClN4O3S. The summed E-state index contributed by atoms with van der Waals surface area (Å²) < 4.78 is 33.5. The van der Waals surface area contributed by atoms with Crippen LogP contribution in [-0.4, -0.2) is 31.3 Å². The summed E-state index contributed by atoms with van der Waals surface area (Å²) >= 11 is 6.22. The molecule has 0 fully saturated rings. The molecule has 33 heavy (non-hydrogen) atoms. The molecule has 1 atom stereocenters. The molecule has 0 aliphatic rings. The van der Waals surface area contributed by atoms with E-state index in [1.54, 1.807) is 12.1 Å². The minimum Gasteiger partial charge on any atom is -0.495 e. The molecule has 0 radical (unpaired) electrons. The molecule has 0 amide bonds. The molecule has 0 saturated carbocycles. The van der Waals surface area contributed by atoms with Crippen molar-refractivity contribution in [3.05, 3.63) is 83.1 Å². The zero-order chi connectivity index (χ0) is 23.6. The van der Waals surface area contributed by atoms with Gasteiger partial charge in [-0.1, -0.05) is 41.9 Å². The Morgan fingerprint density at radius 1 is 1.09 bits per heavy atom. The fourth-order valence-electron chi connectivity index (χ4n) is 3.78. The number of halogens is 1. The zero-order valence-electron chi connectivity index (χ0n) is 18.5. The average molecular weight is 485 g/mol. The molecule has 4 rings (SSSR count). The van der Waals surface area contributed by atoms with Gasteiger partial charge in [-0.3, -0.25) is 4.72 Å². The molecule has 1 heterocycles. The highest BCUT2D eigenvalue weighted by Crippen LogP contribution is 2.31. The number of fused-ring (bicyclic) bond motifs is 1. The number of rotatable bonds is 8. The lowest BCUT2D eigenvalue weighted by Crippen LogP contribution is -2.15. The predicted molar refractivity (Wildman–Crippen MR) is 134 cm³/mol. The van der Waals surface area contributed by atoms with Gasteiger partial charge in [-0.2, -0.15) is 0 Å². The number of benzene rings is 3. The number of methoxy groups -OCH3 is 1. The van der Waals surface area contributed by atoms with Crippen LogP contribution in [0.25, 0.3) is 11.0 Å². The Labute approximate surface area is 198 Å². The summed E-state index contributed by atoms with van der Waals surface area (Å²) in [4.78, 5) is 4.86. The van der Waals surface area contributed by atoms with Gasteiger partial charge in [0, 0.05) is 17.3 Å². The molecule has 172 valence electrons. The molecule has 9 heteroatoms. The molecule has 0 bridgehead atoms. The smallest absolute Gasteiger partial charge is 0.229 e. The van der Waals surface area contributed by atoms with Crippen LogP contribution in [0.15, 0.2) is 66.7 Å². The Balaban J connectivity index is 1.70. The summed E-state index contributed by atoms with van der Waals surface area (Å²) in [5.74, 6) is 1.27. The van der Waals surface area contributed by atoms with E-state index in [4.69, 9.17) is 21.3 Å². The second-order valence-corrected chi connectivity index (χ2v) is 10.0. The summed E-state index contributed by atoms with van der Waals surface area (Å²) in [7, 11) is -1.96. The van der Waals surface area contributed by atoms with Gasteiger partial charge >= 0.3 is 0 Å². The second-order valence-electron chi connectivity index (χ2n) is 7.83. The van der Waals surface area contributed by atoms with Crippen molar-refractivity contribution in [2.75, 3.05) is 23.4 Å². The lowest BCUT2D eigenvalue weighted by Gasteiger charge is -2.19. The molecule has 1 aromatic heterocycles. The number of imidazole rings is 1. The number of hydrogen-bond donors (Lipinski definition) is 2. The summed E-state index contributed by atoms with van der Waals surface area (Å²) in [5, 5.41) is 4.06. The van der Waals surface area contributed by atoms with Gasteiger partial charge in [0.05, 0.1) is 36.1 Å². The summed E-state index contributed by atoms with van der Waals surface area (Å²) in [6, 6.07) is 21.0. The van der Waals surface area contributed by atoms with Crippen LogP contribution in [-0.2, 0) is 16.6 Å². The predicted octanol–water partition coefficient (Wildman–Crippen LogP) is 5.29. The van der Waals surface area contributed by atoms with E-state index < -0.39 is 10.0 Å². The van der Waals surface area contributed by atoms with Crippen LogP contribution in [0.2, 0.25) is 5.02 Å². The fourth-order valence-corrected chi connectivity index (χ4v) is 4.50. The summed E-state index contributed by atoms with van der Waals surface area (Å²) in [6.07, 6.45) is 1.10. The van der Waals surface area contributed by atoms with Crippen LogP contribution in [0.4, 0.5) is 11.4 Å². The van der Waals surface area contributed by atoms with E-state index in [1.807, 2.05) is 49.4 Å². The Bertz CT molecular complexity index is 1390. The first-order valence-corrected chi connectivity index (χ1v) is 12.6. The second kappa shape index (κ2) is 9.33. The largest absolute Gasteiger partial charge is 0.495 e. The van der Waals surface area contributed by atoms with Crippen molar-refractivity contribution >= 4 is 44.0 Å². The quantitative estimate of drug-likeness (QED) is 0.355. The first-order chi connectivity index (χ1) is 15.7. The first-order valence-electron chi connectivity index (χ1n) is 10.4. The maximum absolute atomic E-state index is 11.8. The van der Waals surface area contributed by atoms with Gasteiger partial charge in [-0.25, -0.2) is 13.4 Å². The molecule has 0 aliphatic carbocycles. The van der Waals surface area contributed by atoms with Gasteiger partial charge in [0.2, 0.25) is 10.0 Å². The van der Waals surface area contributed by atoms with Crippen LogP contribution < -0.4 is 14.8 Å². The minimum atomic E-state index is -3.46. The van der Waals surface area contributed by atoms with Gasteiger partial charge in [0.1, 0.15) is 11.6 Å². The fraction of sp³-hybridized carbons (Fsp3) is 0.208. The van der Waals surface area contributed by atoms with E-state index in [0.717, 1.165) is 34.4 Å². The highest BCUT2D eigenvalue weighted by Gasteiger charge is 2.18. The number of ether oxygens (including phenoxy) is 1. The molecule has 0 aliphatic heterocycles. The van der Waals surface area contributed by atoms with Gasteiger partial charge < -0.3 is 14.6 Å². The van der Waals surface area contributed by atoms with Gasteiger partial charge in [0.15, 0.2) is 0 Å². The van der Waals surface area contributed by atoms with E-state index in [9.17, 15) is 8.42 Å². The van der Waals surface area contributed by atoms with Crippen molar-refractivity contribution in [2.45, 2.75) is 19.5 Å². The van der Waals surface area contributed by atoms with Crippen molar-refractivity contribution in [1.82, 2.24) is 9.55 Å². The highest BCUT2D eigenvalue weighted by atomic mass is 35.5. The summed E-state index contributed by atoms with van der Waals surface area (Å²) in [6.45, 7) is 2.67. The third kappa shape index (κ3) is 5.40. The van der Waals surface area contributed by atoms with Crippen LogP contribution in [0.1, 0.15) is 24.4 Å². The monoisotopic (exact) mass is 484 g/mol. The van der Waals surface area contributed by atoms with E-state index in [0.29, 0.717) is 23.0 Å². The van der Waals surface area contributed by atoms with Gasteiger partial charge in [-0.05, 0) is 48.9 Å². The maximum Gasteiger partial charge on any atom is 0.229 e. The molecule has 1 unspecified atom stereocenters. The van der Waals surface area contributed by atoms with Gasteiger partial charge in [0.25, 0.3) is 0 Å². The van der Waals surface area contributed by atoms with Gasteiger partial charge in [-0.15, -0.1) is 0 Å². The Hall–Kier alpha value is -3.23. The number of hydrogen-bond acceptors (Lipinski definition) is 5. The number of anilines is 2. The van der Waals surface area contributed by atoms with E-state index in [1.165, 1.54) is 7.11 Å². The van der Waals surface area contributed by atoms with Crippen molar-refractivity contribution < 1.29 is 13.2 Å². The molecular weight excluding hydrogens is 460 g/mol. The van der Waals surface area contributed by atoms with Crippen molar-refractivity contribution in [1.29, 1.82) is 0 Å². The molecule has 7 nitrogen and oxygen atoms in total. The number of nitrogens with zero attached hydrogens (tertiary/aromatic N) is 2.